The molecule has 5 nitrogen and oxygen atoms in total. The second kappa shape index (κ2) is 5.70. The molecule has 1 atom stereocenters. The van der Waals surface area contributed by atoms with Gasteiger partial charge in [0.1, 0.15) is 0 Å². The Kier molecular flexibility index (Phi) is 4.55. The molecule has 1 aliphatic carbocycles. The van der Waals surface area contributed by atoms with Gasteiger partial charge < -0.3 is 16.2 Å². The van der Waals surface area contributed by atoms with Crippen molar-refractivity contribution in [3.63, 3.8) is 0 Å². The largest absolute Gasteiger partial charge is 0.480 e. The third-order valence-corrected chi connectivity index (χ3v) is 2.84. The van der Waals surface area contributed by atoms with Crippen molar-refractivity contribution in [3.8, 4) is 0 Å². The third-order valence-electron chi connectivity index (χ3n) is 2.84. The van der Waals surface area contributed by atoms with E-state index in [0.717, 1.165) is 12.8 Å². The zero-order chi connectivity index (χ0) is 11.3. The Balaban J connectivity index is 2.23. The summed E-state index contributed by atoms with van der Waals surface area (Å²) in [6.45, 7) is 0.555. The first kappa shape index (κ1) is 12.0. The molecule has 86 valence electrons. The highest BCUT2D eigenvalue weighted by Gasteiger charge is 2.22. The molecule has 0 aliphatic heterocycles. The minimum Gasteiger partial charge on any atom is -0.480 e. The molecule has 1 rings (SSSR count). The molecule has 0 aromatic carbocycles. The molecule has 0 saturated heterocycles. The minimum absolute atomic E-state index is 0.490. The van der Waals surface area contributed by atoms with Crippen molar-refractivity contribution in [2.45, 2.75) is 38.1 Å². The van der Waals surface area contributed by atoms with Gasteiger partial charge in [0, 0.05) is 6.54 Å². The predicted molar refractivity (Wildman–Crippen MR) is 55.2 cm³/mol. The Hall–Kier alpha value is -1.10. The second-order valence-corrected chi connectivity index (χ2v) is 4.07. The number of hydrogen-bond donors (Lipinski definition) is 3. The average Bonchev–Trinajstić information content (AvgIpc) is 2.26. The van der Waals surface area contributed by atoms with E-state index in [2.05, 4.69) is 5.32 Å². The van der Waals surface area contributed by atoms with Crippen molar-refractivity contribution in [3.05, 3.63) is 0 Å². The van der Waals surface area contributed by atoms with E-state index >= 15 is 0 Å². The number of aliphatic carboxylic acids is 1. The number of carbonyl (C=O) groups is 2. The molecular formula is C10H18N2O3. The van der Waals surface area contributed by atoms with Crippen molar-refractivity contribution in [1.29, 1.82) is 0 Å². The Morgan fingerprint density at radius 1 is 1.33 bits per heavy atom. The summed E-state index contributed by atoms with van der Waals surface area (Å²) >= 11 is 0. The number of carboxylic acid groups (broad SMARTS) is 1. The molecule has 15 heavy (non-hydrogen) atoms. The molecule has 0 bridgehead atoms. The van der Waals surface area contributed by atoms with E-state index < -0.39 is 17.9 Å². The van der Waals surface area contributed by atoms with Crippen LogP contribution in [0, 0.1) is 5.92 Å². The number of nitrogens with two attached hydrogens (primary N) is 1. The van der Waals surface area contributed by atoms with E-state index in [1.165, 1.54) is 19.3 Å². The van der Waals surface area contributed by atoms with E-state index in [-0.39, 0.29) is 0 Å². The van der Waals surface area contributed by atoms with Crippen LogP contribution in [-0.2, 0) is 9.59 Å². The molecule has 0 spiro atoms. The maximum absolute atomic E-state index is 11.2. The van der Waals surface area contributed by atoms with Crippen LogP contribution in [-0.4, -0.2) is 29.6 Å². The fourth-order valence-electron chi connectivity index (χ4n) is 1.86. The number of nitrogens with one attached hydrogen (secondary N) is 1. The molecule has 1 saturated carbocycles. The molecule has 5 heteroatoms. The van der Waals surface area contributed by atoms with Crippen LogP contribution in [0.25, 0.3) is 0 Å². The monoisotopic (exact) mass is 214 g/mol. The summed E-state index contributed by atoms with van der Waals surface area (Å²) < 4.78 is 0. The van der Waals surface area contributed by atoms with E-state index in [9.17, 15) is 9.59 Å². The first-order valence-corrected chi connectivity index (χ1v) is 5.37. The highest BCUT2D eigenvalue weighted by atomic mass is 16.4. The Bertz CT molecular complexity index is 237. The van der Waals surface area contributed by atoms with E-state index in [4.69, 9.17) is 10.8 Å². The average molecular weight is 214 g/mol. The summed E-state index contributed by atoms with van der Waals surface area (Å²) in [5.74, 6) is -1.38. The van der Waals surface area contributed by atoms with Gasteiger partial charge in [-0.05, 0) is 18.8 Å². The predicted octanol–water partition coefficient (Wildman–Crippen LogP) is 0.0948. The molecule has 4 N–H and O–H groups in total. The highest BCUT2D eigenvalue weighted by molar-refractivity contribution is 6.00. The standard InChI is InChI=1S/C10H18N2O3/c11-8(10(14)15)9(13)12-6-7-4-2-1-3-5-7/h7-8H,1-6,11H2,(H,12,13)(H,14,15). The van der Waals surface area contributed by atoms with Crippen LogP contribution in [0.4, 0.5) is 0 Å². The van der Waals surface area contributed by atoms with Crippen LogP contribution in [0.3, 0.4) is 0 Å². The number of carbonyl (C=O) groups excluding carboxylic acids is 1. The van der Waals surface area contributed by atoms with Gasteiger partial charge in [0.05, 0.1) is 0 Å². The molecular weight excluding hydrogens is 196 g/mol. The maximum Gasteiger partial charge on any atom is 0.330 e. The molecule has 1 fully saturated rings. The van der Waals surface area contributed by atoms with Gasteiger partial charge in [-0.25, -0.2) is 4.79 Å². The van der Waals surface area contributed by atoms with Gasteiger partial charge >= 0.3 is 5.97 Å². The Morgan fingerprint density at radius 2 is 1.93 bits per heavy atom. The van der Waals surface area contributed by atoms with Gasteiger partial charge in [-0.2, -0.15) is 0 Å². The SMILES string of the molecule is NC(C(=O)O)C(=O)NCC1CCCCC1. The Labute approximate surface area is 89.0 Å². The summed E-state index contributed by atoms with van der Waals surface area (Å²) in [6.07, 6.45) is 5.89. The lowest BCUT2D eigenvalue weighted by Crippen LogP contribution is -2.47. The van der Waals surface area contributed by atoms with Crippen LogP contribution in [0.1, 0.15) is 32.1 Å². The summed E-state index contributed by atoms with van der Waals surface area (Å²) in [4.78, 5) is 21.6. The molecule has 0 radical (unpaired) electrons. The molecule has 1 amide bonds. The highest BCUT2D eigenvalue weighted by Crippen LogP contribution is 2.22. The Morgan fingerprint density at radius 3 is 2.47 bits per heavy atom. The van der Waals surface area contributed by atoms with Gasteiger partial charge in [-0.3, -0.25) is 4.79 Å². The molecule has 1 unspecified atom stereocenters. The molecule has 0 aromatic rings. The van der Waals surface area contributed by atoms with Gasteiger partial charge in [-0.15, -0.1) is 0 Å². The smallest absolute Gasteiger partial charge is 0.330 e. The van der Waals surface area contributed by atoms with Crippen LogP contribution in [0.15, 0.2) is 0 Å². The van der Waals surface area contributed by atoms with Crippen molar-refractivity contribution in [2.24, 2.45) is 11.7 Å². The molecule has 1 aliphatic rings. The van der Waals surface area contributed by atoms with E-state index in [1.807, 2.05) is 0 Å². The number of carboxylic acids is 1. The fraction of sp³-hybridized carbons (Fsp3) is 0.800. The normalized spacial score (nSPS) is 19.5. The molecule has 0 heterocycles. The van der Waals surface area contributed by atoms with Crippen molar-refractivity contribution in [2.75, 3.05) is 6.54 Å². The summed E-state index contributed by atoms with van der Waals surface area (Å²) in [5.41, 5.74) is 5.16. The zero-order valence-electron chi connectivity index (χ0n) is 8.74. The first-order chi connectivity index (χ1) is 7.11. The quantitative estimate of drug-likeness (QED) is 0.578. The van der Waals surface area contributed by atoms with Crippen LogP contribution in [0.5, 0.6) is 0 Å². The lowest BCUT2D eigenvalue weighted by Gasteiger charge is -2.22. The number of amides is 1. The second-order valence-electron chi connectivity index (χ2n) is 4.07. The zero-order valence-corrected chi connectivity index (χ0v) is 8.74. The van der Waals surface area contributed by atoms with Crippen LogP contribution >= 0.6 is 0 Å². The third kappa shape index (κ3) is 3.87. The van der Waals surface area contributed by atoms with Crippen LogP contribution < -0.4 is 11.1 Å². The number of hydrogen-bond acceptors (Lipinski definition) is 3. The lowest BCUT2D eigenvalue weighted by molar-refractivity contribution is -0.142. The minimum atomic E-state index is -1.44. The van der Waals surface area contributed by atoms with Crippen molar-refractivity contribution >= 4 is 11.9 Å². The van der Waals surface area contributed by atoms with Gasteiger partial charge in [0.15, 0.2) is 6.04 Å². The van der Waals surface area contributed by atoms with Crippen molar-refractivity contribution < 1.29 is 14.7 Å². The van der Waals surface area contributed by atoms with E-state index in [1.54, 1.807) is 0 Å². The summed E-state index contributed by atoms with van der Waals surface area (Å²) in [7, 11) is 0. The maximum atomic E-state index is 11.2. The summed E-state index contributed by atoms with van der Waals surface area (Å²) in [6, 6.07) is -1.44. The van der Waals surface area contributed by atoms with Gasteiger partial charge in [-0.1, -0.05) is 19.3 Å². The summed E-state index contributed by atoms with van der Waals surface area (Å²) in [5, 5.41) is 11.1. The van der Waals surface area contributed by atoms with Crippen molar-refractivity contribution in [1.82, 2.24) is 5.32 Å². The van der Waals surface area contributed by atoms with Gasteiger partial charge in [0.2, 0.25) is 5.91 Å². The van der Waals surface area contributed by atoms with Crippen LogP contribution in [0.2, 0.25) is 0 Å². The number of rotatable bonds is 4. The topological polar surface area (TPSA) is 92.4 Å². The lowest BCUT2D eigenvalue weighted by atomic mass is 9.89. The van der Waals surface area contributed by atoms with Gasteiger partial charge in [0.25, 0.3) is 0 Å². The molecule has 0 aromatic heterocycles. The first-order valence-electron chi connectivity index (χ1n) is 5.37. The fourth-order valence-corrected chi connectivity index (χ4v) is 1.86. The van der Waals surface area contributed by atoms with E-state index in [0.29, 0.717) is 12.5 Å².